The Morgan fingerprint density at radius 3 is 2.36 bits per heavy atom. The van der Waals surface area contributed by atoms with E-state index in [0.717, 1.165) is 0 Å². The second-order valence-corrected chi connectivity index (χ2v) is 4.42. The molecule has 0 aromatic heterocycles. The molecule has 0 aliphatic carbocycles. The summed E-state index contributed by atoms with van der Waals surface area (Å²) >= 11 is 6.07. The van der Waals surface area contributed by atoms with Crippen LogP contribution in [0.3, 0.4) is 0 Å². The lowest BCUT2D eigenvalue weighted by atomic mass is 10.1. The Morgan fingerprint density at radius 2 is 1.93 bits per heavy atom. The average Bonchev–Trinajstić information content (AvgIpc) is 2.07. The molecule has 1 nitrogen and oxygen atoms in total. The Balaban J connectivity index is 3.40. The number of halogens is 4. The average molecular weight is 328 g/mol. The van der Waals surface area contributed by atoms with E-state index >= 15 is 0 Å². The lowest BCUT2D eigenvalue weighted by molar-refractivity contribution is 0.101. The van der Waals surface area contributed by atoms with Crippen molar-refractivity contribution >= 4 is 37.6 Å². The van der Waals surface area contributed by atoms with Crippen LogP contribution in [0.15, 0.2) is 21.1 Å². The zero-order valence-electron chi connectivity index (χ0n) is 7.15. The van der Waals surface area contributed by atoms with Gasteiger partial charge in [-0.2, -0.15) is 0 Å². The van der Waals surface area contributed by atoms with Gasteiger partial charge in [-0.15, -0.1) is 0 Å². The molecule has 0 heterocycles. The highest BCUT2D eigenvalue weighted by atomic mass is 79.9. The minimum Gasteiger partial charge on any atom is -0.294 e. The quantitative estimate of drug-likeness (QED) is 0.738. The fourth-order valence-corrected chi connectivity index (χ4v) is 2.18. The third-order valence-electron chi connectivity index (χ3n) is 1.68. The number of hydrogen-bond donors (Lipinski definition) is 0. The normalized spacial score (nSPS) is 10.7. The van der Waals surface area contributed by atoms with Crippen molar-refractivity contribution < 1.29 is 13.6 Å². The van der Waals surface area contributed by atoms with E-state index in [1.807, 2.05) is 0 Å². The van der Waals surface area contributed by atoms with Gasteiger partial charge in [-0.1, -0.05) is 15.9 Å². The minimum absolute atomic E-state index is 0.170. The van der Waals surface area contributed by atoms with Crippen LogP contribution in [0.5, 0.6) is 0 Å². The summed E-state index contributed by atoms with van der Waals surface area (Å²) in [7, 11) is 0. The van der Waals surface area contributed by atoms with E-state index in [4.69, 9.17) is 0 Å². The number of hydrogen-bond acceptors (Lipinski definition) is 1. The Bertz CT molecular complexity index is 377. The van der Waals surface area contributed by atoms with Crippen LogP contribution in [0.1, 0.15) is 29.3 Å². The van der Waals surface area contributed by atoms with Gasteiger partial charge in [0.05, 0.1) is 0 Å². The molecule has 5 heteroatoms. The summed E-state index contributed by atoms with van der Waals surface area (Å²) in [4.78, 5) is 11.1. The van der Waals surface area contributed by atoms with Gasteiger partial charge in [-0.05, 0) is 35.0 Å². The van der Waals surface area contributed by atoms with E-state index < -0.39 is 6.43 Å². The van der Waals surface area contributed by atoms with Gasteiger partial charge in [-0.25, -0.2) is 8.78 Å². The largest absolute Gasteiger partial charge is 0.294 e. The lowest BCUT2D eigenvalue weighted by Crippen LogP contribution is -1.98. The van der Waals surface area contributed by atoms with E-state index in [9.17, 15) is 13.6 Å². The van der Waals surface area contributed by atoms with Crippen molar-refractivity contribution in [2.24, 2.45) is 0 Å². The molecular weight excluding hydrogens is 322 g/mol. The predicted molar refractivity (Wildman–Crippen MR) is 56.8 cm³/mol. The molecule has 0 bridgehead atoms. The highest BCUT2D eigenvalue weighted by molar-refractivity contribution is 9.11. The third-order valence-corrected chi connectivity index (χ3v) is 3.02. The molecule has 0 saturated heterocycles. The molecule has 0 aliphatic rings. The lowest BCUT2D eigenvalue weighted by Gasteiger charge is -2.08. The Labute approximate surface area is 96.8 Å². The van der Waals surface area contributed by atoms with Crippen molar-refractivity contribution in [2.75, 3.05) is 0 Å². The summed E-state index contributed by atoms with van der Waals surface area (Å²) in [6.45, 7) is 1.34. The number of benzene rings is 1. The van der Waals surface area contributed by atoms with Crippen molar-refractivity contribution in [2.45, 2.75) is 13.3 Å². The third kappa shape index (κ3) is 2.39. The van der Waals surface area contributed by atoms with Crippen molar-refractivity contribution in [1.82, 2.24) is 0 Å². The number of ketones is 1. The van der Waals surface area contributed by atoms with Crippen molar-refractivity contribution in [1.29, 1.82) is 0 Å². The van der Waals surface area contributed by atoms with Gasteiger partial charge in [0.15, 0.2) is 5.78 Å². The fraction of sp³-hybridized carbons (Fsp3) is 0.222. The van der Waals surface area contributed by atoms with Crippen molar-refractivity contribution in [3.63, 3.8) is 0 Å². The number of carbonyl (C=O) groups excluding carboxylic acids is 1. The zero-order valence-corrected chi connectivity index (χ0v) is 10.3. The van der Waals surface area contributed by atoms with E-state index in [1.54, 1.807) is 0 Å². The maximum atomic E-state index is 12.5. The van der Waals surface area contributed by atoms with Crippen LogP contribution >= 0.6 is 31.9 Å². The smallest absolute Gasteiger partial charge is 0.264 e. The first kappa shape index (κ1) is 11.8. The predicted octanol–water partition coefficient (Wildman–Crippen LogP) is 4.35. The second-order valence-electron chi connectivity index (χ2n) is 2.71. The molecule has 0 spiro atoms. The van der Waals surface area contributed by atoms with Crippen LogP contribution in [-0.2, 0) is 0 Å². The Morgan fingerprint density at radius 1 is 1.36 bits per heavy atom. The molecule has 1 aromatic carbocycles. The van der Waals surface area contributed by atoms with E-state index in [2.05, 4.69) is 31.9 Å². The van der Waals surface area contributed by atoms with Gasteiger partial charge in [-0.3, -0.25) is 4.79 Å². The molecule has 0 radical (unpaired) electrons. The van der Waals surface area contributed by atoms with Gasteiger partial charge in [0, 0.05) is 20.1 Å². The molecule has 1 aromatic rings. The fourth-order valence-electron chi connectivity index (χ4n) is 1.03. The van der Waals surface area contributed by atoms with Gasteiger partial charge in [0.1, 0.15) is 0 Å². The first-order chi connectivity index (χ1) is 6.43. The SMILES string of the molecule is CC(=O)c1cc(Br)cc(C(F)F)c1Br. The highest BCUT2D eigenvalue weighted by Crippen LogP contribution is 2.33. The first-order valence-corrected chi connectivity index (χ1v) is 5.30. The summed E-state index contributed by atoms with van der Waals surface area (Å²) in [6.07, 6.45) is -2.60. The Kier molecular flexibility index (Phi) is 3.78. The van der Waals surface area contributed by atoms with Gasteiger partial charge >= 0.3 is 0 Å². The summed E-state index contributed by atoms with van der Waals surface area (Å²) < 4.78 is 25.6. The van der Waals surface area contributed by atoms with Crippen molar-refractivity contribution in [3.05, 3.63) is 32.2 Å². The molecule has 0 amide bonds. The minimum atomic E-state index is -2.60. The molecule has 0 atom stereocenters. The molecule has 0 unspecified atom stereocenters. The highest BCUT2D eigenvalue weighted by Gasteiger charge is 2.17. The van der Waals surface area contributed by atoms with Crippen LogP contribution in [0, 0.1) is 0 Å². The molecule has 0 aliphatic heterocycles. The summed E-state index contributed by atoms with van der Waals surface area (Å²) in [5, 5.41) is 0. The van der Waals surface area contributed by atoms with Crippen LogP contribution in [-0.4, -0.2) is 5.78 Å². The molecule has 1 rings (SSSR count). The van der Waals surface area contributed by atoms with Crippen LogP contribution in [0.25, 0.3) is 0 Å². The number of rotatable bonds is 2. The number of carbonyl (C=O) groups is 1. The summed E-state index contributed by atoms with van der Waals surface area (Å²) in [5.74, 6) is -0.250. The van der Waals surface area contributed by atoms with Gasteiger partial charge in [0.25, 0.3) is 6.43 Å². The molecule has 0 N–H and O–H groups in total. The van der Waals surface area contributed by atoms with Gasteiger partial charge < -0.3 is 0 Å². The number of Topliss-reactive ketones (excluding diaryl/α,β-unsaturated/α-hetero) is 1. The standard InChI is InChI=1S/C9H6Br2F2O/c1-4(14)6-2-5(10)3-7(8(6)11)9(12)13/h2-3,9H,1H3. The molecule has 76 valence electrons. The Hall–Kier alpha value is -0.290. The second kappa shape index (κ2) is 4.49. The summed E-state index contributed by atoms with van der Waals surface area (Å²) in [6, 6.07) is 2.81. The topological polar surface area (TPSA) is 17.1 Å². The zero-order chi connectivity index (χ0) is 10.9. The van der Waals surface area contributed by atoms with E-state index in [-0.39, 0.29) is 21.4 Å². The van der Waals surface area contributed by atoms with E-state index in [1.165, 1.54) is 19.1 Å². The van der Waals surface area contributed by atoms with Crippen molar-refractivity contribution in [3.8, 4) is 0 Å². The molecule has 0 fully saturated rings. The first-order valence-electron chi connectivity index (χ1n) is 3.71. The number of alkyl halides is 2. The maximum Gasteiger partial charge on any atom is 0.264 e. The monoisotopic (exact) mass is 326 g/mol. The summed E-state index contributed by atoms with van der Waals surface area (Å²) in [5.41, 5.74) is 0.0826. The van der Waals surface area contributed by atoms with Crippen LogP contribution < -0.4 is 0 Å². The molecule has 14 heavy (non-hydrogen) atoms. The van der Waals surface area contributed by atoms with Crippen LogP contribution in [0.2, 0.25) is 0 Å². The molecular formula is C9H6Br2F2O. The molecule has 0 saturated carbocycles. The van der Waals surface area contributed by atoms with E-state index in [0.29, 0.717) is 4.47 Å². The van der Waals surface area contributed by atoms with Crippen LogP contribution in [0.4, 0.5) is 8.78 Å². The maximum absolute atomic E-state index is 12.5. The van der Waals surface area contributed by atoms with Gasteiger partial charge in [0.2, 0.25) is 0 Å².